The van der Waals surface area contributed by atoms with E-state index >= 15 is 0 Å². The van der Waals surface area contributed by atoms with Crippen molar-refractivity contribution in [3.63, 3.8) is 0 Å². The number of thiophene rings is 1. The Morgan fingerprint density at radius 2 is 2.19 bits per heavy atom. The first kappa shape index (κ1) is 11.6. The Bertz CT molecular complexity index is 442. The minimum absolute atomic E-state index is 0.240. The fourth-order valence-corrected chi connectivity index (χ4v) is 3.01. The van der Waals surface area contributed by atoms with Crippen LogP contribution in [-0.4, -0.2) is 10.9 Å². The monoisotopic (exact) mass is 254 g/mol. The van der Waals surface area contributed by atoms with Gasteiger partial charge in [-0.1, -0.05) is 12.1 Å². The van der Waals surface area contributed by atoms with Crippen molar-refractivity contribution >= 4 is 23.1 Å². The Hall–Kier alpha value is -0.840. The normalized spacial score (nSPS) is 12.6. The predicted octanol–water partition coefficient (Wildman–Crippen LogP) is 3.71. The van der Waals surface area contributed by atoms with E-state index in [0.717, 1.165) is 9.77 Å². The van der Waals surface area contributed by atoms with E-state index in [9.17, 15) is 9.50 Å². The molecule has 0 fully saturated rings. The van der Waals surface area contributed by atoms with E-state index in [2.05, 4.69) is 0 Å². The van der Waals surface area contributed by atoms with Crippen LogP contribution in [0.5, 0.6) is 0 Å². The summed E-state index contributed by atoms with van der Waals surface area (Å²) in [5, 5.41) is 11.8. The molecule has 0 saturated heterocycles. The van der Waals surface area contributed by atoms with Crippen molar-refractivity contribution in [1.29, 1.82) is 0 Å². The van der Waals surface area contributed by atoms with Gasteiger partial charge in [-0.15, -0.1) is 23.1 Å². The maximum atomic E-state index is 12.9. The quantitative estimate of drug-likeness (QED) is 0.839. The molecule has 1 aromatic heterocycles. The second kappa shape index (κ2) is 5.48. The lowest BCUT2D eigenvalue weighted by molar-refractivity contribution is 0.208. The highest BCUT2D eigenvalue weighted by atomic mass is 32.2. The summed E-state index contributed by atoms with van der Waals surface area (Å²) in [7, 11) is 0. The third-order valence-electron chi connectivity index (χ3n) is 2.08. The molecule has 0 saturated carbocycles. The number of hydrogen-bond acceptors (Lipinski definition) is 3. The second-order valence-electron chi connectivity index (χ2n) is 3.30. The molecule has 4 heteroatoms. The molecule has 0 amide bonds. The number of benzene rings is 1. The fraction of sp³-hybridized carbons (Fsp3) is 0.167. The largest absolute Gasteiger partial charge is 0.387 e. The number of aliphatic hydroxyl groups is 1. The zero-order valence-corrected chi connectivity index (χ0v) is 10.1. The van der Waals surface area contributed by atoms with Crippen LogP contribution in [-0.2, 0) is 0 Å². The molecule has 2 rings (SSSR count). The van der Waals surface area contributed by atoms with Crippen LogP contribution in [0.4, 0.5) is 4.39 Å². The van der Waals surface area contributed by atoms with Crippen molar-refractivity contribution in [1.82, 2.24) is 0 Å². The maximum Gasteiger partial charge on any atom is 0.124 e. The van der Waals surface area contributed by atoms with E-state index in [0.29, 0.717) is 5.75 Å². The van der Waals surface area contributed by atoms with Gasteiger partial charge in [0, 0.05) is 15.5 Å². The molecule has 1 heterocycles. The van der Waals surface area contributed by atoms with Crippen LogP contribution in [0, 0.1) is 5.82 Å². The number of halogens is 1. The smallest absolute Gasteiger partial charge is 0.124 e. The summed E-state index contributed by atoms with van der Waals surface area (Å²) in [6, 6.07) is 10.2. The molecule has 0 bridgehead atoms. The summed E-state index contributed by atoms with van der Waals surface area (Å²) in [6.07, 6.45) is -0.478. The van der Waals surface area contributed by atoms with Crippen LogP contribution < -0.4 is 0 Å². The Morgan fingerprint density at radius 1 is 1.31 bits per heavy atom. The molecule has 0 radical (unpaired) electrons. The van der Waals surface area contributed by atoms with Gasteiger partial charge in [-0.05, 0) is 29.6 Å². The van der Waals surface area contributed by atoms with Crippen molar-refractivity contribution in [2.75, 3.05) is 5.75 Å². The highest BCUT2D eigenvalue weighted by molar-refractivity contribution is 7.99. The highest BCUT2D eigenvalue weighted by Gasteiger charge is 2.08. The van der Waals surface area contributed by atoms with E-state index in [1.807, 2.05) is 23.6 Å². The van der Waals surface area contributed by atoms with E-state index in [1.54, 1.807) is 6.07 Å². The first-order valence-electron chi connectivity index (χ1n) is 4.85. The fourth-order valence-electron chi connectivity index (χ4n) is 1.29. The molecule has 1 nitrogen and oxygen atoms in total. The molecular weight excluding hydrogens is 243 g/mol. The molecule has 1 aromatic carbocycles. The zero-order valence-electron chi connectivity index (χ0n) is 8.47. The first-order chi connectivity index (χ1) is 7.75. The van der Waals surface area contributed by atoms with Gasteiger partial charge in [-0.25, -0.2) is 4.39 Å². The summed E-state index contributed by atoms with van der Waals surface area (Å²) in [5.74, 6) is 0.305. The van der Waals surface area contributed by atoms with Crippen molar-refractivity contribution in [2.24, 2.45) is 0 Å². The molecule has 16 heavy (non-hydrogen) atoms. The second-order valence-corrected chi connectivity index (χ2v) is 5.37. The Balaban J connectivity index is 1.92. The number of hydrogen-bond donors (Lipinski definition) is 1. The van der Waals surface area contributed by atoms with E-state index < -0.39 is 6.10 Å². The lowest BCUT2D eigenvalue weighted by Crippen LogP contribution is -1.97. The van der Waals surface area contributed by atoms with E-state index in [-0.39, 0.29) is 5.82 Å². The Labute approximate surface area is 102 Å². The molecular formula is C12H11FOS2. The highest BCUT2D eigenvalue weighted by Crippen LogP contribution is 2.27. The lowest BCUT2D eigenvalue weighted by atomic mass is 10.3. The minimum Gasteiger partial charge on any atom is -0.387 e. The summed E-state index contributed by atoms with van der Waals surface area (Å²) in [6.45, 7) is 0. The van der Waals surface area contributed by atoms with Crippen LogP contribution >= 0.6 is 23.1 Å². The van der Waals surface area contributed by atoms with Gasteiger partial charge in [0.2, 0.25) is 0 Å². The maximum absolute atomic E-state index is 12.9. The van der Waals surface area contributed by atoms with Gasteiger partial charge < -0.3 is 5.11 Å². The molecule has 2 aromatic rings. The number of rotatable bonds is 4. The van der Waals surface area contributed by atoms with Crippen molar-refractivity contribution < 1.29 is 9.50 Å². The topological polar surface area (TPSA) is 20.2 Å². The van der Waals surface area contributed by atoms with Crippen molar-refractivity contribution in [3.8, 4) is 0 Å². The summed E-state index contributed by atoms with van der Waals surface area (Å²) >= 11 is 2.99. The predicted molar refractivity (Wildman–Crippen MR) is 66.4 cm³/mol. The summed E-state index contributed by atoms with van der Waals surface area (Å²) in [4.78, 5) is 1.79. The Morgan fingerprint density at radius 3 is 2.88 bits per heavy atom. The molecule has 1 atom stereocenters. The van der Waals surface area contributed by atoms with Crippen molar-refractivity contribution in [3.05, 3.63) is 52.5 Å². The average molecular weight is 254 g/mol. The van der Waals surface area contributed by atoms with E-state index in [1.165, 1.54) is 35.2 Å². The van der Waals surface area contributed by atoms with Crippen LogP contribution in [0.1, 0.15) is 11.0 Å². The van der Waals surface area contributed by atoms with Gasteiger partial charge in [0.15, 0.2) is 0 Å². The van der Waals surface area contributed by atoms with Gasteiger partial charge in [0.25, 0.3) is 0 Å². The van der Waals surface area contributed by atoms with E-state index in [4.69, 9.17) is 0 Å². The van der Waals surface area contributed by atoms with Crippen molar-refractivity contribution in [2.45, 2.75) is 11.0 Å². The molecule has 0 aliphatic heterocycles. The van der Waals surface area contributed by atoms with Gasteiger partial charge in [-0.2, -0.15) is 0 Å². The number of aliphatic hydroxyl groups excluding tert-OH is 1. The van der Waals surface area contributed by atoms with Gasteiger partial charge in [0.1, 0.15) is 5.82 Å². The van der Waals surface area contributed by atoms with Gasteiger partial charge in [0.05, 0.1) is 6.10 Å². The molecule has 0 spiro atoms. The minimum atomic E-state index is -0.478. The van der Waals surface area contributed by atoms with Crippen LogP contribution in [0.3, 0.4) is 0 Å². The Kier molecular flexibility index (Phi) is 3.98. The number of thioether (sulfide) groups is 1. The molecule has 0 aliphatic rings. The third-order valence-corrected chi connectivity index (χ3v) is 4.12. The molecule has 1 unspecified atom stereocenters. The SMILES string of the molecule is OC(CSc1cccc(F)c1)c1cccs1. The summed E-state index contributed by atoms with van der Waals surface area (Å²) < 4.78 is 12.9. The zero-order chi connectivity index (χ0) is 11.4. The molecule has 0 aliphatic carbocycles. The molecule has 1 N–H and O–H groups in total. The molecule has 84 valence electrons. The van der Waals surface area contributed by atoms with Crippen LogP contribution in [0.15, 0.2) is 46.7 Å². The average Bonchev–Trinajstić information content (AvgIpc) is 2.79. The standard InChI is InChI=1S/C12H11FOS2/c13-9-3-1-4-10(7-9)16-8-11(14)12-5-2-6-15-12/h1-7,11,14H,8H2. The summed E-state index contributed by atoms with van der Waals surface area (Å²) in [5.41, 5.74) is 0. The lowest BCUT2D eigenvalue weighted by Gasteiger charge is -2.07. The van der Waals surface area contributed by atoms with Gasteiger partial charge in [-0.3, -0.25) is 0 Å². The van der Waals surface area contributed by atoms with Gasteiger partial charge >= 0.3 is 0 Å². The van der Waals surface area contributed by atoms with Crippen LogP contribution in [0.2, 0.25) is 0 Å². The van der Waals surface area contributed by atoms with Crippen LogP contribution in [0.25, 0.3) is 0 Å². The first-order valence-corrected chi connectivity index (χ1v) is 6.72. The third kappa shape index (κ3) is 3.07.